The SMILES string of the molecule is N#CC(=Cc1ccc(N2CCCCC2)cc1)C(=O)c1ccccc1. The van der Waals surface area contributed by atoms with Crippen molar-refractivity contribution < 1.29 is 4.79 Å². The van der Waals surface area contributed by atoms with Crippen molar-refractivity contribution in [3.05, 3.63) is 71.3 Å². The van der Waals surface area contributed by atoms with E-state index in [0.29, 0.717) is 5.56 Å². The standard InChI is InChI=1S/C21H20N2O/c22-16-19(21(24)18-7-3-1-4-8-18)15-17-9-11-20(12-10-17)23-13-5-2-6-14-23/h1,3-4,7-12,15H,2,5-6,13-14H2. The van der Waals surface area contributed by atoms with Crippen LogP contribution in [0, 0.1) is 11.3 Å². The predicted molar refractivity (Wildman–Crippen MR) is 96.9 cm³/mol. The van der Waals surface area contributed by atoms with Gasteiger partial charge < -0.3 is 4.90 Å². The zero-order chi connectivity index (χ0) is 16.8. The minimum Gasteiger partial charge on any atom is -0.372 e. The Morgan fingerprint density at radius 3 is 2.25 bits per heavy atom. The molecule has 24 heavy (non-hydrogen) atoms. The smallest absolute Gasteiger partial charge is 0.203 e. The lowest BCUT2D eigenvalue weighted by molar-refractivity contribution is 0.104. The molecule has 1 aliphatic rings. The monoisotopic (exact) mass is 316 g/mol. The minimum absolute atomic E-state index is 0.159. The second-order valence-corrected chi connectivity index (χ2v) is 6.00. The van der Waals surface area contributed by atoms with Gasteiger partial charge in [-0.25, -0.2) is 0 Å². The van der Waals surface area contributed by atoms with E-state index < -0.39 is 0 Å². The van der Waals surface area contributed by atoms with Crippen LogP contribution in [0.25, 0.3) is 6.08 Å². The molecule has 0 spiro atoms. The molecule has 0 aliphatic carbocycles. The molecule has 0 bridgehead atoms. The van der Waals surface area contributed by atoms with E-state index in [4.69, 9.17) is 0 Å². The first-order chi connectivity index (χ1) is 11.8. The summed E-state index contributed by atoms with van der Waals surface area (Å²) in [5, 5.41) is 9.33. The molecule has 1 saturated heterocycles. The number of allylic oxidation sites excluding steroid dienone is 1. The first-order valence-electron chi connectivity index (χ1n) is 8.34. The molecule has 1 fully saturated rings. The number of anilines is 1. The Hall–Kier alpha value is -2.86. The molecule has 120 valence electrons. The molecular weight excluding hydrogens is 296 g/mol. The van der Waals surface area contributed by atoms with Crippen molar-refractivity contribution in [1.82, 2.24) is 0 Å². The third kappa shape index (κ3) is 3.72. The Morgan fingerprint density at radius 1 is 0.958 bits per heavy atom. The third-order valence-corrected chi connectivity index (χ3v) is 4.33. The molecule has 3 nitrogen and oxygen atoms in total. The number of nitrogens with zero attached hydrogens (tertiary/aromatic N) is 2. The van der Waals surface area contributed by atoms with Gasteiger partial charge in [0.25, 0.3) is 0 Å². The fourth-order valence-electron chi connectivity index (χ4n) is 2.99. The lowest BCUT2D eigenvalue weighted by Gasteiger charge is -2.28. The number of nitriles is 1. The molecule has 0 amide bonds. The fourth-order valence-corrected chi connectivity index (χ4v) is 2.99. The molecule has 1 heterocycles. The van der Waals surface area contributed by atoms with Gasteiger partial charge in [-0.3, -0.25) is 4.79 Å². The number of piperidine rings is 1. The van der Waals surface area contributed by atoms with Crippen LogP contribution in [0.5, 0.6) is 0 Å². The van der Waals surface area contributed by atoms with E-state index in [1.54, 1.807) is 30.3 Å². The molecule has 3 rings (SSSR count). The second-order valence-electron chi connectivity index (χ2n) is 6.00. The van der Waals surface area contributed by atoms with E-state index in [-0.39, 0.29) is 11.4 Å². The van der Waals surface area contributed by atoms with Crippen LogP contribution in [0.2, 0.25) is 0 Å². The summed E-state index contributed by atoms with van der Waals surface area (Å²) in [5.74, 6) is -0.238. The molecule has 0 saturated carbocycles. The van der Waals surface area contributed by atoms with E-state index in [1.807, 2.05) is 24.3 Å². The highest BCUT2D eigenvalue weighted by atomic mass is 16.1. The van der Waals surface area contributed by atoms with Gasteiger partial charge >= 0.3 is 0 Å². The Labute approximate surface area is 142 Å². The van der Waals surface area contributed by atoms with Gasteiger partial charge in [0.15, 0.2) is 0 Å². The fraction of sp³-hybridized carbons (Fsp3) is 0.238. The van der Waals surface area contributed by atoms with E-state index in [9.17, 15) is 10.1 Å². The summed E-state index contributed by atoms with van der Waals surface area (Å²) in [5.41, 5.74) is 2.78. The highest BCUT2D eigenvalue weighted by Crippen LogP contribution is 2.21. The zero-order valence-corrected chi connectivity index (χ0v) is 13.6. The first kappa shape index (κ1) is 16.0. The molecule has 3 heteroatoms. The van der Waals surface area contributed by atoms with E-state index in [0.717, 1.165) is 18.7 Å². The lowest BCUT2D eigenvalue weighted by Crippen LogP contribution is -2.29. The number of ketones is 1. The van der Waals surface area contributed by atoms with Crippen LogP contribution in [0.3, 0.4) is 0 Å². The summed E-state index contributed by atoms with van der Waals surface area (Å²) in [4.78, 5) is 14.8. The van der Waals surface area contributed by atoms with Crippen LogP contribution in [0.15, 0.2) is 60.2 Å². The molecule has 0 radical (unpaired) electrons. The van der Waals surface area contributed by atoms with Crippen molar-refractivity contribution in [2.45, 2.75) is 19.3 Å². The normalized spacial score (nSPS) is 15.0. The molecule has 2 aromatic carbocycles. The molecule has 0 N–H and O–H groups in total. The van der Waals surface area contributed by atoms with Crippen LogP contribution in [-0.4, -0.2) is 18.9 Å². The maximum absolute atomic E-state index is 12.4. The van der Waals surface area contributed by atoms with Crippen molar-refractivity contribution >= 4 is 17.5 Å². The molecule has 0 aromatic heterocycles. The van der Waals surface area contributed by atoms with Gasteiger partial charge in [0, 0.05) is 24.3 Å². The Bertz CT molecular complexity index is 764. The highest BCUT2D eigenvalue weighted by molar-refractivity contribution is 6.14. The average Bonchev–Trinajstić information content (AvgIpc) is 2.67. The van der Waals surface area contributed by atoms with Gasteiger partial charge in [-0.2, -0.15) is 5.26 Å². The summed E-state index contributed by atoms with van der Waals surface area (Å²) < 4.78 is 0. The number of carbonyl (C=O) groups is 1. The second kappa shape index (κ2) is 7.61. The lowest BCUT2D eigenvalue weighted by atomic mass is 10.0. The van der Waals surface area contributed by atoms with E-state index in [2.05, 4.69) is 17.0 Å². The molecule has 1 aliphatic heterocycles. The number of hydrogen-bond acceptors (Lipinski definition) is 3. The Kier molecular flexibility index (Phi) is 5.08. The van der Waals surface area contributed by atoms with Gasteiger partial charge in [-0.15, -0.1) is 0 Å². The number of carbonyl (C=O) groups excluding carboxylic acids is 1. The van der Waals surface area contributed by atoms with E-state index in [1.165, 1.54) is 24.9 Å². The summed E-state index contributed by atoms with van der Waals surface area (Å²) in [7, 11) is 0. The first-order valence-corrected chi connectivity index (χ1v) is 8.34. The number of Topliss-reactive ketones (excluding diaryl/α,β-unsaturated/α-hetero) is 1. The molecule has 0 unspecified atom stereocenters. The van der Waals surface area contributed by atoms with Crippen molar-refractivity contribution in [2.24, 2.45) is 0 Å². The molecular formula is C21H20N2O. The zero-order valence-electron chi connectivity index (χ0n) is 13.6. The van der Waals surface area contributed by atoms with Gasteiger partial charge in [-0.05, 0) is 43.0 Å². The van der Waals surface area contributed by atoms with Gasteiger partial charge in [0.1, 0.15) is 11.6 Å². The van der Waals surface area contributed by atoms with Crippen molar-refractivity contribution in [1.29, 1.82) is 5.26 Å². The van der Waals surface area contributed by atoms with Crippen molar-refractivity contribution in [3.63, 3.8) is 0 Å². The predicted octanol–water partition coefficient (Wildman–Crippen LogP) is 4.47. The quantitative estimate of drug-likeness (QED) is 0.475. The van der Waals surface area contributed by atoms with Gasteiger partial charge in [0.05, 0.1) is 0 Å². The van der Waals surface area contributed by atoms with Crippen LogP contribution < -0.4 is 4.90 Å². The summed E-state index contributed by atoms with van der Waals surface area (Å²) in [6.07, 6.45) is 5.46. The van der Waals surface area contributed by atoms with E-state index >= 15 is 0 Å². The third-order valence-electron chi connectivity index (χ3n) is 4.33. The summed E-state index contributed by atoms with van der Waals surface area (Å²) in [6, 6.07) is 19.0. The average molecular weight is 316 g/mol. The van der Waals surface area contributed by atoms with Gasteiger partial charge in [0.2, 0.25) is 5.78 Å². The number of hydrogen-bond donors (Lipinski definition) is 0. The molecule has 0 atom stereocenters. The highest BCUT2D eigenvalue weighted by Gasteiger charge is 2.13. The number of rotatable bonds is 4. The van der Waals surface area contributed by atoms with Gasteiger partial charge in [-0.1, -0.05) is 42.5 Å². The van der Waals surface area contributed by atoms with Crippen LogP contribution in [-0.2, 0) is 0 Å². The number of benzene rings is 2. The van der Waals surface area contributed by atoms with Crippen molar-refractivity contribution in [2.75, 3.05) is 18.0 Å². The summed E-state index contributed by atoms with van der Waals surface area (Å²) in [6.45, 7) is 2.20. The van der Waals surface area contributed by atoms with Crippen LogP contribution >= 0.6 is 0 Å². The van der Waals surface area contributed by atoms with Crippen LogP contribution in [0.4, 0.5) is 5.69 Å². The topological polar surface area (TPSA) is 44.1 Å². The van der Waals surface area contributed by atoms with Crippen LogP contribution in [0.1, 0.15) is 35.2 Å². The maximum atomic E-state index is 12.4. The minimum atomic E-state index is -0.238. The Morgan fingerprint density at radius 2 is 1.62 bits per heavy atom. The largest absolute Gasteiger partial charge is 0.372 e. The van der Waals surface area contributed by atoms with Crippen molar-refractivity contribution in [3.8, 4) is 6.07 Å². The Balaban J connectivity index is 1.78. The maximum Gasteiger partial charge on any atom is 0.203 e. The summed E-state index contributed by atoms with van der Waals surface area (Å²) >= 11 is 0. The molecule has 2 aromatic rings.